The van der Waals surface area contributed by atoms with Crippen LogP contribution < -0.4 is 5.32 Å². The Balaban J connectivity index is 2.35. The Bertz CT molecular complexity index is 549. The van der Waals surface area contributed by atoms with Crippen molar-refractivity contribution in [1.29, 1.82) is 0 Å². The van der Waals surface area contributed by atoms with Crippen molar-refractivity contribution in [2.75, 3.05) is 6.54 Å². The summed E-state index contributed by atoms with van der Waals surface area (Å²) in [7, 11) is 0. The van der Waals surface area contributed by atoms with E-state index in [0.717, 1.165) is 17.6 Å². The minimum Gasteiger partial charge on any atom is -0.310 e. The largest absolute Gasteiger partial charge is 0.310 e. The molecule has 0 fully saturated rings. The lowest BCUT2D eigenvalue weighted by atomic mass is 10.3. The fourth-order valence-electron chi connectivity index (χ4n) is 1.60. The lowest BCUT2D eigenvalue weighted by Crippen LogP contribution is -2.18. The third-order valence-corrected chi connectivity index (χ3v) is 2.90. The highest BCUT2D eigenvalue weighted by Crippen LogP contribution is 2.22. The van der Waals surface area contributed by atoms with Gasteiger partial charge in [-0.2, -0.15) is 4.68 Å². The van der Waals surface area contributed by atoms with E-state index in [1.54, 1.807) is 0 Å². The summed E-state index contributed by atoms with van der Waals surface area (Å²) < 4.78 is 29.1. The molecule has 0 saturated heterocycles. The first-order valence-electron chi connectivity index (χ1n) is 5.76. The van der Waals surface area contributed by atoms with Crippen molar-refractivity contribution in [1.82, 2.24) is 25.5 Å². The quantitative estimate of drug-likeness (QED) is 0.853. The van der Waals surface area contributed by atoms with Crippen molar-refractivity contribution in [3.05, 3.63) is 34.1 Å². The summed E-state index contributed by atoms with van der Waals surface area (Å²) >= 11 is 3.03. The second kappa shape index (κ2) is 6.16. The van der Waals surface area contributed by atoms with E-state index in [2.05, 4.69) is 36.8 Å². The molecule has 19 heavy (non-hydrogen) atoms. The molecule has 102 valence electrons. The first-order valence-corrected chi connectivity index (χ1v) is 6.55. The molecular weight excluding hydrogens is 320 g/mol. The first kappa shape index (κ1) is 14.0. The van der Waals surface area contributed by atoms with Gasteiger partial charge in [0.1, 0.15) is 5.69 Å². The summed E-state index contributed by atoms with van der Waals surface area (Å²) in [5.74, 6) is -1.10. The third-order valence-electron chi connectivity index (χ3n) is 2.44. The fourth-order valence-corrected chi connectivity index (χ4v) is 2.01. The van der Waals surface area contributed by atoms with Crippen molar-refractivity contribution in [2.45, 2.75) is 19.9 Å². The van der Waals surface area contributed by atoms with Gasteiger partial charge in [0.25, 0.3) is 0 Å². The van der Waals surface area contributed by atoms with E-state index in [9.17, 15) is 8.78 Å². The molecule has 0 bridgehead atoms. The lowest BCUT2D eigenvalue weighted by Gasteiger charge is -2.08. The summed E-state index contributed by atoms with van der Waals surface area (Å²) in [5, 5.41) is 13.9. The SMILES string of the molecule is CCCNCc1nnnn1-c1c(F)cc(Br)cc1F. The maximum atomic E-state index is 13.8. The second-order valence-corrected chi connectivity index (χ2v) is 4.82. The smallest absolute Gasteiger partial charge is 0.170 e. The summed E-state index contributed by atoms with van der Waals surface area (Å²) in [6, 6.07) is 2.34. The number of halogens is 3. The van der Waals surface area contributed by atoms with Gasteiger partial charge in [0.2, 0.25) is 0 Å². The van der Waals surface area contributed by atoms with Gasteiger partial charge < -0.3 is 5.32 Å². The molecule has 5 nitrogen and oxygen atoms in total. The zero-order valence-corrected chi connectivity index (χ0v) is 11.8. The monoisotopic (exact) mass is 331 g/mol. The topological polar surface area (TPSA) is 55.6 Å². The van der Waals surface area contributed by atoms with Crippen LogP contribution in [0.1, 0.15) is 19.2 Å². The van der Waals surface area contributed by atoms with Crippen molar-refractivity contribution in [3.8, 4) is 5.69 Å². The Morgan fingerprint density at radius 2 is 2.00 bits per heavy atom. The minimum atomic E-state index is -0.726. The van der Waals surface area contributed by atoms with Crippen LogP contribution in [0.25, 0.3) is 5.69 Å². The number of aromatic nitrogens is 4. The van der Waals surface area contributed by atoms with Crippen LogP contribution in [0.3, 0.4) is 0 Å². The van der Waals surface area contributed by atoms with Gasteiger partial charge in [0.05, 0.1) is 6.54 Å². The zero-order valence-electron chi connectivity index (χ0n) is 10.2. The Labute approximate surface area is 117 Å². The van der Waals surface area contributed by atoms with E-state index in [1.165, 1.54) is 12.1 Å². The van der Waals surface area contributed by atoms with Gasteiger partial charge in [-0.05, 0) is 35.5 Å². The number of benzene rings is 1. The molecule has 0 amide bonds. The van der Waals surface area contributed by atoms with E-state index >= 15 is 0 Å². The van der Waals surface area contributed by atoms with Gasteiger partial charge in [-0.25, -0.2) is 8.78 Å². The summed E-state index contributed by atoms with van der Waals surface area (Å²) in [6.07, 6.45) is 0.947. The normalized spacial score (nSPS) is 10.9. The molecule has 0 aliphatic carbocycles. The van der Waals surface area contributed by atoms with Crippen LogP contribution >= 0.6 is 15.9 Å². The van der Waals surface area contributed by atoms with Gasteiger partial charge in [0.15, 0.2) is 17.5 Å². The van der Waals surface area contributed by atoms with E-state index in [4.69, 9.17) is 0 Å². The van der Waals surface area contributed by atoms with E-state index in [0.29, 0.717) is 16.8 Å². The molecule has 0 saturated carbocycles. The van der Waals surface area contributed by atoms with Crippen LogP contribution in [-0.4, -0.2) is 26.8 Å². The molecule has 0 aliphatic rings. The van der Waals surface area contributed by atoms with Crippen molar-refractivity contribution < 1.29 is 8.78 Å². The number of tetrazole rings is 1. The lowest BCUT2D eigenvalue weighted by molar-refractivity contribution is 0.544. The molecule has 8 heteroatoms. The highest BCUT2D eigenvalue weighted by Gasteiger charge is 2.17. The standard InChI is InChI=1S/C11H12BrF2N5/c1-2-3-15-6-10-16-17-18-19(10)11-8(13)4-7(12)5-9(11)14/h4-5,15H,2-3,6H2,1H3. The summed E-state index contributed by atoms with van der Waals surface area (Å²) in [4.78, 5) is 0. The van der Waals surface area contributed by atoms with Gasteiger partial charge in [-0.3, -0.25) is 0 Å². The van der Waals surface area contributed by atoms with E-state index in [1.807, 2.05) is 6.92 Å². The van der Waals surface area contributed by atoms with Crippen LogP contribution in [0.4, 0.5) is 8.78 Å². The average molecular weight is 332 g/mol. The number of hydrogen-bond donors (Lipinski definition) is 1. The Morgan fingerprint density at radius 1 is 1.32 bits per heavy atom. The van der Waals surface area contributed by atoms with Gasteiger partial charge in [-0.1, -0.05) is 22.9 Å². The molecule has 2 rings (SSSR count). The molecule has 0 atom stereocenters. The predicted octanol–water partition coefficient (Wildman–Crippen LogP) is 2.20. The van der Waals surface area contributed by atoms with Crippen LogP contribution in [0.5, 0.6) is 0 Å². The Kier molecular flexibility index (Phi) is 4.54. The minimum absolute atomic E-state index is 0.276. The molecule has 0 radical (unpaired) electrons. The first-order chi connectivity index (χ1) is 9.13. The van der Waals surface area contributed by atoms with Crippen LogP contribution in [0.15, 0.2) is 16.6 Å². The number of hydrogen-bond acceptors (Lipinski definition) is 4. The van der Waals surface area contributed by atoms with Crippen LogP contribution in [-0.2, 0) is 6.54 Å². The molecular formula is C11H12BrF2N5. The van der Waals surface area contributed by atoms with Gasteiger partial charge >= 0.3 is 0 Å². The zero-order chi connectivity index (χ0) is 13.8. The highest BCUT2D eigenvalue weighted by atomic mass is 79.9. The molecule has 1 heterocycles. The van der Waals surface area contributed by atoms with Crippen molar-refractivity contribution in [3.63, 3.8) is 0 Å². The fraction of sp³-hybridized carbons (Fsp3) is 0.364. The maximum Gasteiger partial charge on any atom is 0.170 e. The highest BCUT2D eigenvalue weighted by molar-refractivity contribution is 9.10. The second-order valence-electron chi connectivity index (χ2n) is 3.90. The Hall–Kier alpha value is -1.41. The van der Waals surface area contributed by atoms with Gasteiger partial charge in [-0.15, -0.1) is 5.10 Å². The van der Waals surface area contributed by atoms with Gasteiger partial charge in [0, 0.05) is 4.47 Å². The average Bonchev–Trinajstić information content (AvgIpc) is 2.76. The molecule has 1 aromatic heterocycles. The molecule has 1 aromatic carbocycles. The number of nitrogens with one attached hydrogen (secondary N) is 1. The predicted molar refractivity (Wildman–Crippen MR) is 68.8 cm³/mol. The molecule has 0 unspecified atom stereocenters. The number of rotatable bonds is 5. The summed E-state index contributed by atoms with van der Waals surface area (Å²) in [6.45, 7) is 3.14. The Morgan fingerprint density at radius 3 is 2.63 bits per heavy atom. The van der Waals surface area contributed by atoms with Crippen molar-refractivity contribution >= 4 is 15.9 Å². The van der Waals surface area contributed by atoms with E-state index in [-0.39, 0.29) is 5.69 Å². The molecule has 1 N–H and O–H groups in total. The van der Waals surface area contributed by atoms with Crippen LogP contribution in [0, 0.1) is 11.6 Å². The summed E-state index contributed by atoms with van der Waals surface area (Å²) in [5.41, 5.74) is -0.276. The molecule has 2 aromatic rings. The van der Waals surface area contributed by atoms with Crippen LogP contribution in [0.2, 0.25) is 0 Å². The maximum absolute atomic E-state index is 13.8. The van der Waals surface area contributed by atoms with Crippen molar-refractivity contribution in [2.24, 2.45) is 0 Å². The third kappa shape index (κ3) is 3.13. The molecule has 0 spiro atoms. The molecule has 0 aliphatic heterocycles. The van der Waals surface area contributed by atoms with E-state index < -0.39 is 11.6 Å². The number of nitrogens with zero attached hydrogens (tertiary/aromatic N) is 4.